The van der Waals surface area contributed by atoms with Gasteiger partial charge in [-0.25, -0.2) is 0 Å². The molecule has 0 spiro atoms. The Morgan fingerprint density at radius 2 is 2.00 bits per heavy atom. The normalized spacial score (nSPS) is 16.9. The zero-order valence-electron chi connectivity index (χ0n) is 13.1. The second-order valence-electron chi connectivity index (χ2n) is 5.99. The van der Waals surface area contributed by atoms with Crippen LogP contribution in [-0.4, -0.2) is 46.3 Å². The summed E-state index contributed by atoms with van der Waals surface area (Å²) in [6.45, 7) is 10.6. The van der Waals surface area contributed by atoms with Gasteiger partial charge in [0.1, 0.15) is 4.99 Å². The fraction of sp³-hybridized carbons (Fsp3) is 0.667. The van der Waals surface area contributed by atoms with Crippen LogP contribution in [0.2, 0.25) is 0 Å². The molecule has 6 heteroatoms. The average molecular weight is 307 g/mol. The SMILES string of the molecule is Cc1nnc(NCC(C)CN2CCCC2)c(C(N)=S)c1C. The highest BCUT2D eigenvalue weighted by molar-refractivity contribution is 7.80. The van der Waals surface area contributed by atoms with Gasteiger partial charge >= 0.3 is 0 Å². The summed E-state index contributed by atoms with van der Waals surface area (Å²) in [6.07, 6.45) is 2.66. The minimum atomic E-state index is 0.375. The van der Waals surface area contributed by atoms with E-state index in [4.69, 9.17) is 18.0 Å². The first-order chi connectivity index (χ1) is 9.99. The van der Waals surface area contributed by atoms with Crippen molar-refractivity contribution in [2.45, 2.75) is 33.6 Å². The predicted octanol–water partition coefficient (Wildman–Crippen LogP) is 1.87. The maximum absolute atomic E-state index is 5.84. The molecular formula is C15H25N5S. The molecule has 1 saturated heterocycles. The van der Waals surface area contributed by atoms with E-state index in [1.54, 1.807) is 0 Å². The maximum atomic E-state index is 5.84. The second kappa shape index (κ2) is 7.13. The molecule has 21 heavy (non-hydrogen) atoms. The molecule has 5 nitrogen and oxygen atoms in total. The number of hydrogen-bond acceptors (Lipinski definition) is 5. The number of aryl methyl sites for hydroxylation is 1. The standard InChI is InChI=1S/C15H25N5S/c1-10(9-20-6-4-5-7-20)8-17-15-13(14(16)21)11(2)12(3)18-19-15/h10H,4-9H2,1-3H3,(H2,16,21)(H,17,19). The molecule has 0 aliphatic carbocycles. The Morgan fingerprint density at radius 3 is 2.62 bits per heavy atom. The van der Waals surface area contributed by atoms with Gasteiger partial charge in [0.15, 0.2) is 5.82 Å². The first-order valence-electron chi connectivity index (χ1n) is 7.59. The van der Waals surface area contributed by atoms with Gasteiger partial charge in [0.2, 0.25) is 0 Å². The van der Waals surface area contributed by atoms with Crippen molar-refractivity contribution >= 4 is 23.0 Å². The first-order valence-corrected chi connectivity index (χ1v) is 7.99. The summed E-state index contributed by atoms with van der Waals surface area (Å²) in [7, 11) is 0. The Balaban J connectivity index is 1.99. The molecule has 0 radical (unpaired) electrons. The molecular weight excluding hydrogens is 282 g/mol. The van der Waals surface area contributed by atoms with Crippen LogP contribution in [0.25, 0.3) is 0 Å². The van der Waals surface area contributed by atoms with E-state index in [2.05, 4.69) is 27.3 Å². The van der Waals surface area contributed by atoms with Crippen LogP contribution in [0.3, 0.4) is 0 Å². The third-order valence-corrected chi connectivity index (χ3v) is 4.29. The van der Waals surface area contributed by atoms with Gasteiger partial charge in [-0.2, -0.15) is 5.10 Å². The molecule has 1 aliphatic rings. The maximum Gasteiger partial charge on any atom is 0.159 e. The largest absolute Gasteiger partial charge is 0.389 e. The Bertz CT molecular complexity index is 511. The number of nitrogens with one attached hydrogen (secondary N) is 1. The summed E-state index contributed by atoms with van der Waals surface area (Å²) >= 11 is 5.15. The summed E-state index contributed by atoms with van der Waals surface area (Å²) in [5.74, 6) is 1.25. The van der Waals surface area contributed by atoms with Crippen LogP contribution in [-0.2, 0) is 0 Å². The van der Waals surface area contributed by atoms with Crippen molar-refractivity contribution < 1.29 is 0 Å². The van der Waals surface area contributed by atoms with Crippen molar-refractivity contribution in [3.63, 3.8) is 0 Å². The molecule has 1 aliphatic heterocycles. The fourth-order valence-electron chi connectivity index (χ4n) is 2.78. The summed E-state index contributed by atoms with van der Waals surface area (Å²) in [6, 6.07) is 0. The average Bonchev–Trinajstić information content (AvgIpc) is 2.92. The lowest BCUT2D eigenvalue weighted by atomic mass is 10.1. The zero-order valence-corrected chi connectivity index (χ0v) is 14.0. The van der Waals surface area contributed by atoms with Gasteiger partial charge in [-0.3, -0.25) is 0 Å². The minimum absolute atomic E-state index is 0.375. The van der Waals surface area contributed by atoms with Gasteiger partial charge in [0.25, 0.3) is 0 Å². The Labute approximate surface area is 132 Å². The third kappa shape index (κ3) is 4.11. The van der Waals surface area contributed by atoms with Crippen molar-refractivity contribution in [1.82, 2.24) is 15.1 Å². The highest BCUT2D eigenvalue weighted by Gasteiger charge is 2.17. The second-order valence-corrected chi connectivity index (χ2v) is 6.43. The molecule has 1 aromatic heterocycles. The van der Waals surface area contributed by atoms with Crippen molar-refractivity contribution in [3.05, 3.63) is 16.8 Å². The quantitative estimate of drug-likeness (QED) is 0.782. The van der Waals surface area contributed by atoms with E-state index >= 15 is 0 Å². The lowest BCUT2D eigenvalue weighted by Gasteiger charge is -2.21. The van der Waals surface area contributed by atoms with Crippen LogP contribution in [0.15, 0.2) is 0 Å². The number of aromatic nitrogens is 2. The van der Waals surface area contributed by atoms with Crippen LogP contribution >= 0.6 is 12.2 Å². The number of nitrogens with two attached hydrogens (primary N) is 1. The lowest BCUT2D eigenvalue weighted by molar-refractivity contribution is 0.294. The summed E-state index contributed by atoms with van der Waals surface area (Å²) in [4.78, 5) is 2.90. The van der Waals surface area contributed by atoms with Crippen molar-refractivity contribution in [2.24, 2.45) is 11.7 Å². The lowest BCUT2D eigenvalue weighted by Crippen LogP contribution is -2.29. The summed E-state index contributed by atoms with van der Waals surface area (Å²) < 4.78 is 0. The Kier molecular flexibility index (Phi) is 5.47. The molecule has 1 atom stereocenters. The number of thiocarbonyl (C=S) groups is 1. The van der Waals surface area contributed by atoms with Gasteiger partial charge < -0.3 is 16.0 Å². The molecule has 0 amide bonds. The Hall–Kier alpha value is -1.27. The highest BCUT2D eigenvalue weighted by Crippen LogP contribution is 2.19. The van der Waals surface area contributed by atoms with Crippen molar-refractivity contribution in [3.8, 4) is 0 Å². The summed E-state index contributed by atoms with van der Waals surface area (Å²) in [5.41, 5.74) is 8.54. The van der Waals surface area contributed by atoms with Crippen LogP contribution in [0.5, 0.6) is 0 Å². The van der Waals surface area contributed by atoms with Gasteiger partial charge in [0, 0.05) is 13.1 Å². The zero-order chi connectivity index (χ0) is 15.4. The molecule has 1 fully saturated rings. The van der Waals surface area contributed by atoms with E-state index < -0.39 is 0 Å². The smallest absolute Gasteiger partial charge is 0.159 e. The number of nitrogens with zero attached hydrogens (tertiary/aromatic N) is 3. The highest BCUT2D eigenvalue weighted by atomic mass is 32.1. The number of rotatable bonds is 6. The molecule has 2 rings (SSSR count). The number of anilines is 1. The van der Waals surface area contributed by atoms with E-state index in [-0.39, 0.29) is 0 Å². The molecule has 2 heterocycles. The van der Waals surface area contributed by atoms with Gasteiger partial charge in [0.05, 0.1) is 11.3 Å². The molecule has 0 bridgehead atoms. The summed E-state index contributed by atoms with van der Waals surface area (Å²) in [5, 5.41) is 11.8. The van der Waals surface area contributed by atoms with E-state index in [1.165, 1.54) is 25.9 Å². The molecule has 0 saturated carbocycles. The van der Waals surface area contributed by atoms with Crippen LogP contribution in [0.1, 0.15) is 36.6 Å². The molecule has 1 unspecified atom stereocenters. The van der Waals surface area contributed by atoms with Crippen molar-refractivity contribution in [1.29, 1.82) is 0 Å². The van der Waals surface area contributed by atoms with Gasteiger partial charge in [-0.1, -0.05) is 19.1 Å². The monoisotopic (exact) mass is 307 g/mol. The van der Waals surface area contributed by atoms with Crippen LogP contribution in [0.4, 0.5) is 5.82 Å². The molecule has 3 N–H and O–H groups in total. The number of hydrogen-bond donors (Lipinski definition) is 2. The fourth-order valence-corrected chi connectivity index (χ4v) is 3.02. The van der Waals surface area contributed by atoms with E-state index in [9.17, 15) is 0 Å². The van der Waals surface area contributed by atoms with E-state index in [0.717, 1.165) is 29.9 Å². The van der Waals surface area contributed by atoms with E-state index in [0.29, 0.717) is 16.7 Å². The van der Waals surface area contributed by atoms with Crippen LogP contribution in [0, 0.1) is 19.8 Å². The van der Waals surface area contributed by atoms with Crippen LogP contribution < -0.4 is 11.1 Å². The molecule has 0 aromatic carbocycles. The molecule has 1 aromatic rings. The first kappa shape index (κ1) is 16.1. The third-order valence-electron chi connectivity index (χ3n) is 4.09. The van der Waals surface area contributed by atoms with Crippen molar-refractivity contribution in [2.75, 3.05) is 31.5 Å². The Morgan fingerprint density at radius 1 is 1.33 bits per heavy atom. The minimum Gasteiger partial charge on any atom is -0.389 e. The number of likely N-dealkylation sites (tertiary alicyclic amines) is 1. The topological polar surface area (TPSA) is 67.1 Å². The van der Waals surface area contributed by atoms with Gasteiger partial charge in [-0.15, -0.1) is 5.10 Å². The predicted molar refractivity (Wildman–Crippen MR) is 90.7 cm³/mol. The molecule has 116 valence electrons. The van der Waals surface area contributed by atoms with Gasteiger partial charge in [-0.05, 0) is 51.3 Å². The van der Waals surface area contributed by atoms with E-state index in [1.807, 2.05) is 13.8 Å².